The summed E-state index contributed by atoms with van der Waals surface area (Å²) in [4.78, 5) is 16.7. The highest BCUT2D eigenvalue weighted by atomic mass is 19.4. The summed E-state index contributed by atoms with van der Waals surface area (Å²) in [7, 11) is 0. The fourth-order valence-corrected chi connectivity index (χ4v) is 4.25. The van der Waals surface area contributed by atoms with Crippen molar-refractivity contribution in [2.45, 2.75) is 44.6 Å². The molecule has 3 aromatic rings. The van der Waals surface area contributed by atoms with E-state index >= 15 is 0 Å². The number of ether oxygens (including phenoxy) is 1. The quantitative estimate of drug-likeness (QED) is 0.699. The van der Waals surface area contributed by atoms with Gasteiger partial charge in [0.15, 0.2) is 5.43 Å². The van der Waals surface area contributed by atoms with Gasteiger partial charge in [-0.1, -0.05) is 0 Å². The second-order valence-electron chi connectivity index (χ2n) is 7.58. The van der Waals surface area contributed by atoms with E-state index in [1.165, 1.54) is 6.07 Å². The van der Waals surface area contributed by atoms with Crippen LogP contribution in [0.1, 0.15) is 31.7 Å². The fourth-order valence-electron chi connectivity index (χ4n) is 4.25. The number of hydrogen-bond donors (Lipinski definition) is 1. The lowest BCUT2D eigenvalue weighted by Crippen LogP contribution is -2.25. The van der Waals surface area contributed by atoms with Gasteiger partial charge >= 0.3 is 6.18 Å². The summed E-state index contributed by atoms with van der Waals surface area (Å²) in [6, 6.07) is 3.50. The summed E-state index contributed by atoms with van der Waals surface area (Å²) in [6.07, 6.45) is 3.88. The van der Waals surface area contributed by atoms with E-state index < -0.39 is 12.8 Å². The first kappa shape index (κ1) is 19.9. The number of aliphatic hydroxyl groups is 1. The van der Waals surface area contributed by atoms with Crippen LogP contribution < -0.4 is 5.43 Å². The Hall–Kier alpha value is -2.39. The highest BCUT2D eigenvalue weighted by Gasteiger charge is 2.29. The van der Waals surface area contributed by atoms with Crippen LogP contribution in [0.5, 0.6) is 0 Å². The van der Waals surface area contributed by atoms with Gasteiger partial charge in [-0.05, 0) is 37.7 Å². The van der Waals surface area contributed by atoms with Gasteiger partial charge in [-0.15, -0.1) is 0 Å². The Balaban J connectivity index is 1.58. The lowest BCUT2D eigenvalue weighted by atomic mass is 9.86. The zero-order valence-electron chi connectivity index (χ0n) is 15.7. The average molecular weight is 409 g/mol. The van der Waals surface area contributed by atoms with Crippen molar-refractivity contribution in [3.63, 3.8) is 0 Å². The lowest BCUT2D eigenvalue weighted by Gasteiger charge is -2.31. The third kappa shape index (κ3) is 4.02. The molecule has 1 aliphatic rings. The first-order valence-corrected chi connectivity index (χ1v) is 9.61. The highest BCUT2D eigenvalue weighted by Crippen LogP contribution is 2.35. The maximum absolute atomic E-state index is 12.4. The van der Waals surface area contributed by atoms with Gasteiger partial charge in [-0.25, -0.2) is 4.98 Å². The zero-order valence-corrected chi connectivity index (χ0v) is 15.7. The Kier molecular flexibility index (Phi) is 5.35. The zero-order chi connectivity index (χ0) is 20.6. The molecule has 0 unspecified atom stereocenters. The summed E-state index contributed by atoms with van der Waals surface area (Å²) in [5.41, 5.74) is 1.27. The molecule has 0 radical (unpaired) electrons. The second-order valence-corrected chi connectivity index (χ2v) is 7.58. The first-order chi connectivity index (χ1) is 13.9. The van der Waals surface area contributed by atoms with Gasteiger partial charge in [0.05, 0.1) is 10.9 Å². The molecular formula is C20H22F3N3O3. The minimum atomic E-state index is -4.30. The molecule has 0 spiro atoms. The number of nitrogens with zero attached hydrogens (tertiary/aromatic N) is 3. The molecule has 6 nitrogen and oxygen atoms in total. The van der Waals surface area contributed by atoms with Gasteiger partial charge in [0, 0.05) is 42.7 Å². The minimum Gasteiger partial charge on any atom is -0.376 e. The SMILES string of the molecule is O=c1ccn(C2CCC(COCC(F)(F)F)CC2)c2c1cnc1c2ccn1CO. The number of rotatable bonds is 5. The topological polar surface area (TPSA) is 69.3 Å². The Labute approximate surface area is 164 Å². The third-order valence-electron chi connectivity index (χ3n) is 5.65. The van der Waals surface area contributed by atoms with Crippen molar-refractivity contribution in [2.75, 3.05) is 13.2 Å². The van der Waals surface area contributed by atoms with Crippen molar-refractivity contribution < 1.29 is 23.0 Å². The molecule has 0 saturated heterocycles. The van der Waals surface area contributed by atoms with Crippen LogP contribution in [0.15, 0.2) is 35.5 Å². The Morgan fingerprint density at radius 3 is 2.59 bits per heavy atom. The van der Waals surface area contributed by atoms with Crippen LogP contribution >= 0.6 is 0 Å². The second kappa shape index (κ2) is 7.79. The molecule has 0 aromatic carbocycles. The molecule has 0 aliphatic heterocycles. The number of fused-ring (bicyclic) bond motifs is 3. The molecule has 1 aliphatic carbocycles. The summed E-state index contributed by atoms with van der Waals surface area (Å²) >= 11 is 0. The van der Waals surface area contributed by atoms with E-state index in [1.54, 1.807) is 23.2 Å². The fraction of sp³-hybridized carbons (Fsp3) is 0.500. The number of hydrogen-bond acceptors (Lipinski definition) is 4. The molecule has 9 heteroatoms. The molecular weight excluding hydrogens is 387 g/mol. The number of pyridine rings is 2. The Bertz CT molecular complexity index is 1070. The van der Waals surface area contributed by atoms with Crippen LogP contribution in [-0.4, -0.2) is 38.6 Å². The smallest absolute Gasteiger partial charge is 0.376 e. The van der Waals surface area contributed by atoms with Gasteiger partial charge < -0.3 is 19.0 Å². The molecule has 29 heavy (non-hydrogen) atoms. The molecule has 3 aromatic heterocycles. The molecule has 1 saturated carbocycles. The number of aliphatic hydroxyl groups excluding tert-OH is 1. The van der Waals surface area contributed by atoms with Crippen molar-refractivity contribution in [2.24, 2.45) is 5.92 Å². The molecule has 1 fully saturated rings. The summed E-state index contributed by atoms with van der Waals surface area (Å²) in [5.74, 6) is 0.108. The van der Waals surface area contributed by atoms with Crippen molar-refractivity contribution in [3.8, 4) is 0 Å². The Morgan fingerprint density at radius 1 is 1.14 bits per heavy atom. The van der Waals surface area contributed by atoms with Crippen LogP contribution in [0.3, 0.4) is 0 Å². The van der Waals surface area contributed by atoms with Crippen molar-refractivity contribution in [1.82, 2.24) is 14.1 Å². The number of alkyl halides is 3. The maximum Gasteiger partial charge on any atom is 0.411 e. The van der Waals surface area contributed by atoms with E-state index in [9.17, 15) is 23.1 Å². The van der Waals surface area contributed by atoms with E-state index in [4.69, 9.17) is 4.74 Å². The maximum atomic E-state index is 12.4. The molecule has 0 bridgehead atoms. The summed E-state index contributed by atoms with van der Waals surface area (Å²) in [5, 5.41) is 10.8. The number of halogens is 3. The molecule has 4 rings (SSSR count). The predicted octanol–water partition coefficient (Wildman–Crippen LogP) is 3.61. The van der Waals surface area contributed by atoms with Crippen molar-refractivity contribution in [1.29, 1.82) is 0 Å². The van der Waals surface area contributed by atoms with Crippen LogP contribution in [-0.2, 0) is 11.5 Å². The largest absolute Gasteiger partial charge is 0.411 e. The average Bonchev–Trinajstić information content (AvgIpc) is 3.11. The van der Waals surface area contributed by atoms with E-state index in [0.717, 1.165) is 36.6 Å². The van der Waals surface area contributed by atoms with Gasteiger partial charge in [-0.3, -0.25) is 4.79 Å². The predicted molar refractivity (Wildman–Crippen MR) is 102 cm³/mol. The van der Waals surface area contributed by atoms with E-state index in [0.29, 0.717) is 11.0 Å². The molecule has 3 heterocycles. The molecule has 0 atom stereocenters. The highest BCUT2D eigenvalue weighted by molar-refractivity contribution is 6.02. The van der Waals surface area contributed by atoms with E-state index in [1.807, 2.05) is 6.07 Å². The van der Waals surface area contributed by atoms with E-state index in [-0.39, 0.29) is 30.7 Å². The van der Waals surface area contributed by atoms with E-state index in [2.05, 4.69) is 9.55 Å². The number of aromatic nitrogens is 3. The van der Waals surface area contributed by atoms with Crippen LogP contribution in [0.25, 0.3) is 21.9 Å². The molecule has 1 N–H and O–H groups in total. The Morgan fingerprint density at radius 2 is 1.90 bits per heavy atom. The first-order valence-electron chi connectivity index (χ1n) is 9.61. The van der Waals surface area contributed by atoms with Crippen LogP contribution in [0, 0.1) is 5.92 Å². The van der Waals surface area contributed by atoms with Gasteiger partial charge in [0.2, 0.25) is 0 Å². The van der Waals surface area contributed by atoms with Gasteiger partial charge in [-0.2, -0.15) is 13.2 Å². The third-order valence-corrected chi connectivity index (χ3v) is 5.65. The monoisotopic (exact) mass is 409 g/mol. The van der Waals surface area contributed by atoms with Gasteiger partial charge in [0.1, 0.15) is 19.0 Å². The minimum absolute atomic E-state index is 0.108. The van der Waals surface area contributed by atoms with Gasteiger partial charge in [0.25, 0.3) is 0 Å². The normalized spacial score (nSPS) is 20.6. The van der Waals surface area contributed by atoms with Crippen molar-refractivity contribution >= 4 is 21.9 Å². The van der Waals surface area contributed by atoms with Crippen LogP contribution in [0.2, 0.25) is 0 Å². The van der Waals surface area contributed by atoms with Crippen molar-refractivity contribution in [3.05, 3.63) is 40.9 Å². The van der Waals surface area contributed by atoms with Crippen LogP contribution in [0.4, 0.5) is 13.2 Å². The molecule has 0 amide bonds. The summed E-state index contributed by atoms with van der Waals surface area (Å²) < 4.78 is 45.3. The standard InChI is InChI=1S/C20H22F3N3O3/c21-20(22,23)11-29-10-13-1-3-14(4-2-13)26-8-6-17(28)16-9-24-19-15(18(16)26)5-7-25(19)12-27/h5-9,13-14,27H,1-4,10-12H2. The summed E-state index contributed by atoms with van der Waals surface area (Å²) in [6.45, 7) is -1.29. The lowest BCUT2D eigenvalue weighted by molar-refractivity contribution is -0.177. The molecule has 156 valence electrons.